The van der Waals surface area contributed by atoms with Crippen molar-refractivity contribution in [2.75, 3.05) is 13.1 Å². The highest BCUT2D eigenvalue weighted by Gasteiger charge is 2.17. The van der Waals surface area contributed by atoms with Crippen LogP contribution in [-0.2, 0) is 0 Å². The van der Waals surface area contributed by atoms with E-state index in [0.717, 1.165) is 5.92 Å². The molecule has 2 atom stereocenters. The van der Waals surface area contributed by atoms with Crippen molar-refractivity contribution < 1.29 is 0 Å². The van der Waals surface area contributed by atoms with E-state index in [9.17, 15) is 0 Å². The molecule has 1 saturated heterocycles. The molecular weight excluding hydrogens is 155 g/mol. The molecule has 0 radical (unpaired) electrons. The molecule has 0 spiro atoms. The van der Waals surface area contributed by atoms with Crippen molar-refractivity contribution in [1.82, 2.24) is 4.67 Å². The van der Waals surface area contributed by atoms with Crippen LogP contribution in [0.5, 0.6) is 0 Å². The molecule has 2 nitrogen and oxygen atoms in total. The lowest BCUT2D eigenvalue weighted by atomic mass is 9.92. The predicted molar refractivity (Wildman–Crippen MR) is 52.3 cm³/mol. The highest BCUT2D eigenvalue weighted by molar-refractivity contribution is 7.13. The second-order valence-corrected chi connectivity index (χ2v) is 4.42. The van der Waals surface area contributed by atoms with E-state index in [1.807, 2.05) is 0 Å². The van der Waals surface area contributed by atoms with Crippen LogP contribution in [0.1, 0.15) is 26.2 Å². The molecule has 0 saturated carbocycles. The average molecular weight is 174 g/mol. The summed E-state index contributed by atoms with van der Waals surface area (Å²) in [6.07, 6.45) is 3.86. The molecule has 1 rings (SSSR count). The van der Waals surface area contributed by atoms with Crippen molar-refractivity contribution in [2.45, 2.75) is 32.2 Å². The Balaban J connectivity index is 2.17. The van der Waals surface area contributed by atoms with Crippen LogP contribution in [0.15, 0.2) is 0 Å². The maximum Gasteiger partial charge on any atom is 0.00188 e. The van der Waals surface area contributed by atoms with Gasteiger partial charge in [-0.15, -0.1) is 0 Å². The third-order valence-corrected chi connectivity index (χ3v) is 2.87. The molecule has 1 heterocycles. The highest BCUT2D eigenvalue weighted by Crippen LogP contribution is 2.22. The van der Waals surface area contributed by atoms with Gasteiger partial charge in [0.05, 0.1) is 0 Å². The third kappa shape index (κ3) is 3.50. The molecule has 0 aromatic heterocycles. The highest BCUT2D eigenvalue weighted by atomic mass is 31.0. The summed E-state index contributed by atoms with van der Waals surface area (Å²) in [6, 6.07) is 0.385. The zero-order valence-electron chi connectivity index (χ0n) is 7.29. The Bertz CT molecular complexity index is 109. The van der Waals surface area contributed by atoms with E-state index in [4.69, 9.17) is 5.73 Å². The van der Waals surface area contributed by atoms with Crippen molar-refractivity contribution in [1.29, 1.82) is 0 Å². The van der Waals surface area contributed by atoms with Crippen LogP contribution in [0.3, 0.4) is 0 Å². The normalized spacial score (nSPS) is 25.4. The van der Waals surface area contributed by atoms with E-state index in [1.54, 1.807) is 0 Å². The summed E-state index contributed by atoms with van der Waals surface area (Å²) in [4.78, 5) is 0. The van der Waals surface area contributed by atoms with Crippen molar-refractivity contribution in [3.63, 3.8) is 0 Å². The van der Waals surface area contributed by atoms with Gasteiger partial charge in [0.1, 0.15) is 0 Å². The number of nitrogens with two attached hydrogens (primary N) is 1. The minimum atomic E-state index is 0.385. The standard InChI is InChI=1S/C8H19N2P/c1-7(9)6-8-2-4-10(11)5-3-8/h7-8H,2-6,9,11H2,1H3. The van der Waals surface area contributed by atoms with Crippen molar-refractivity contribution in [3.8, 4) is 0 Å². The van der Waals surface area contributed by atoms with Gasteiger partial charge in [0.15, 0.2) is 0 Å². The molecule has 0 bridgehead atoms. The second-order valence-electron chi connectivity index (χ2n) is 3.69. The largest absolute Gasteiger partial charge is 0.328 e. The molecule has 0 aromatic carbocycles. The Labute approximate surface area is 71.8 Å². The van der Waals surface area contributed by atoms with Gasteiger partial charge in [-0.1, -0.05) is 9.39 Å². The molecule has 3 heteroatoms. The van der Waals surface area contributed by atoms with Crippen LogP contribution in [-0.4, -0.2) is 23.8 Å². The van der Waals surface area contributed by atoms with Gasteiger partial charge in [0.2, 0.25) is 0 Å². The zero-order chi connectivity index (χ0) is 8.27. The first-order chi connectivity index (χ1) is 5.18. The fourth-order valence-electron chi connectivity index (χ4n) is 1.71. The average Bonchev–Trinajstić information content (AvgIpc) is 1.93. The van der Waals surface area contributed by atoms with Gasteiger partial charge in [0, 0.05) is 19.1 Å². The minimum Gasteiger partial charge on any atom is -0.328 e. The second kappa shape index (κ2) is 4.39. The lowest BCUT2D eigenvalue weighted by molar-refractivity contribution is 0.269. The first-order valence-corrected chi connectivity index (χ1v) is 4.95. The minimum absolute atomic E-state index is 0.385. The molecule has 66 valence electrons. The van der Waals surface area contributed by atoms with Crippen LogP contribution in [0, 0.1) is 5.92 Å². The van der Waals surface area contributed by atoms with Gasteiger partial charge in [0.25, 0.3) is 0 Å². The lowest BCUT2D eigenvalue weighted by Gasteiger charge is -2.29. The van der Waals surface area contributed by atoms with E-state index < -0.39 is 0 Å². The Morgan fingerprint density at radius 1 is 1.55 bits per heavy atom. The van der Waals surface area contributed by atoms with Gasteiger partial charge in [-0.3, -0.25) is 4.67 Å². The summed E-state index contributed by atoms with van der Waals surface area (Å²) in [6.45, 7) is 4.55. The van der Waals surface area contributed by atoms with Crippen molar-refractivity contribution >= 4 is 9.39 Å². The molecule has 1 aliphatic rings. The van der Waals surface area contributed by atoms with Gasteiger partial charge < -0.3 is 5.73 Å². The molecule has 11 heavy (non-hydrogen) atoms. The van der Waals surface area contributed by atoms with Crippen molar-refractivity contribution in [2.24, 2.45) is 11.7 Å². The van der Waals surface area contributed by atoms with Gasteiger partial charge in [-0.25, -0.2) is 0 Å². The summed E-state index contributed by atoms with van der Waals surface area (Å²) in [5.74, 6) is 0.881. The topological polar surface area (TPSA) is 29.3 Å². The van der Waals surface area contributed by atoms with E-state index in [-0.39, 0.29) is 0 Å². The summed E-state index contributed by atoms with van der Waals surface area (Å²) < 4.78 is 2.32. The van der Waals surface area contributed by atoms with Crippen molar-refractivity contribution in [3.05, 3.63) is 0 Å². The Kier molecular flexibility index (Phi) is 3.77. The summed E-state index contributed by atoms with van der Waals surface area (Å²) in [5.41, 5.74) is 5.74. The quantitative estimate of drug-likeness (QED) is 0.638. The van der Waals surface area contributed by atoms with E-state index in [1.165, 1.54) is 32.4 Å². The van der Waals surface area contributed by atoms with E-state index in [2.05, 4.69) is 21.0 Å². The first kappa shape index (κ1) is 9.44. The Morgan fingerprint density at radius 3 is 2.55 bits per heavy atom. The van der Waals surface area contributed by atoms with Crippen LogP contribution in [0.25, 0.3) is 0 Å². The zero-order valence-corrected chi connectivity index (χ0v) is 8.45. The molecule has 0 aromatic rings. The van der Waals surface area contributed by atoms with Gasteiger partial charge in [-0.05, 0) is 32.1 Å². The summed E-state index contributed by atoms with van der Waals surface area (Å²) in [7, 11) is 2.77. The molecule has 2 unspecified atom stereocenters. The number of hydrogen-bond donors (Lipinski definition) is 1. The Morgan fingerprint density at radius 2 is 2.09 bits per heavy atom. The summed E-state index contributed by atoms with van der Waals surface area (Å²) in [5, 5.41) is 0. The number of nitrogens with zero attached hydrogens (tertiary/aromatic N) is 1. The molecule has 0 aliphatic carbocycles. The third-order valence-electron chi connectivity index (χ3n) is 2.35. The van der Waals surface area contributed by atoms with Gasteiger partial charge in [-0.2, -0.15) is 0 Å². The Hall–Kier alpha value is 0.350. The smallest absolute Gasteiger partial charge is 0.00188 e. The number of hydrogen-bond acceptors (Lipinski definition) is 2. The maximum absolute atomic E-state index is 5.74. The molecule has 1 aliphatic heterocycles. The number of rotatable bonds is 2. The molecule has 2 N–H and O–H groups in total. The van der Waals surface area contributed by atoms with Gasteiger partial charge >= 0.3 is 0 Å². The first-order valence-electron chi connectivity index (χ1n) is 4.43. The predicted octanol–water partition coefficient (Wildman–Crippen LogP) is 1.23. The van der Waals surface area contributed by atoms with Crippen LogP contribution in [0.4, 0.5) is 0 Å². The van der Waals surface area contributed by atoms with E-state index in [0.29, 0.717) is 6.04 Å². The maximum atomic E-state index is 5.74. The molecular formula is C8H19N2P. The van der Waals surface area contributed by atoms with E-state index >= 15 is 0 Å². The SMILES string of the molecule is CC(N)CC1CCN(P)CC1. The number of piperidine rings is 1. The summed E-state index contributed by atoms with van der Waals surface area (Å²) >= 11 is 0. The fraction of sp³-hybridized carbons (Fsp3) is 1.00. The monoisotopic (exact) mass is 174 g/mol. The fourth-order valence-corrected chi connectivity index (χ4v) is 2.01. The molecule has 1 fully saturated rings. The van der Waals surface area contributed by atoms with Crippen LogP contribution >= 0.6 is 9.39 Å². The van der Waals surface area contributed by atoms with Crippen LogP contribution < -0.4 is 5.73 Å². The molecule has 0 amide bonds. The van der Waals surface area contributed by atoms with Crippen LogP contribution in [0.2, 0.25) is 0 Å². The lowest BCUT2D eigenvalue weighted by Crippen LogP contribution is -2.29.